The molecular weight excluding hydrogens is 354 g/mol. The molecule has 7 nitrogen and oxygen atoms in total. The maximum atomic E-state index is 11.7. The third kappa shape index (κ3) is 4.49. The Morgan fingerprint density at radius 2 is 2.14 bits per heavy atom. The van der Waals surface area contributed by atoms with Crippen molar-refractivity contribution >= 4 is 33.9 Å². The smallest absolute Gasteiger partial charge is 0.319 e. The van der Waals surface area contributed by atoms with Gasteiger partial charge in [0.15, 0.2) is 11.5 Å². The molecule has 0 fully saturated rings. The SMILES string of the molecule is CCOc1cc(Br)c(/C=C(/C#N)C(=O)NC(N)=O)cc1OC. The molecule has 0 aliphatic heterocycles. The van der Waals surface area contributed by atoms with Crippen molar-refractivity contribution in [2.45, 2.75) is 6.92 Å². The number of nitriles is 1. The minimum atomic E-state index is -1.03. The summed E-state index contributed by atoms with van der Waals surface area (Å²) in [5.41, 5.74) is 5.09. The van der Waals surface area contributed by atoms with Gasteiger partial charge in [-0.1, -0.05) is 15.9 Å². The first kappa shape index (κ1) is 17.5. The van der Waals surface area contributed by atoms with Crippen LogP contribution >= 0.6 is 15.9 Å². The molecule has 0 saturated carbocycles. The number of carbonyl (C=O) groups excluding carboxylic acids is 2. The summed E-state index contributed by atoms with van der Waals surface area (Å²) in [6, 6.07) is 3.94. The summed E-state index contributed by atoms with van der Waals surface area (Å²) in [5.74, 6) is 0.0905. The molecule has 0 radical (unpaired) electrons. The van der Waals surface area contributed by atoms with Gasteiger partial charge >= 0.3 is 6.03 Å². The van der Waals surface area contributed by atoms with Crippen LogP contribution in [0.3, 0.4) is 0 Å². The predicted molar refractivity (Wildman–Crippen MR) is 83.2 cm³/mol. The Kier molecular flexibility index (Phi) is 6.41. The number of nitrogens with one attached hydrogen (secondary N) is 1. The number of imide groups is 1. The summed E-state index contributed by atoms with van der Waals surface area (Å²) < 4.78 is 11.2. The van der Waals surface area contributed by atoms with Gasteiger partial charge in [-0.25, -0.2) is 4.79 Å². The number of hydrogen-bond acceptors (Lipinski definition) is 5. The molecule has 0 aromatic heterocycles. The number of carbonyl (C=O) groups is 2. The van der Waals surface area contributed by atoms with Crippen molar-refractivity contribution in [3.05, 3.63) is 27.7 Å². The fraction of sp³-hybridized carbons (Fsp3) is 0.214. The summed E-state index contributed by atoms with van der Waals surface area (Å²) in [7, 11) is 1.48. The van der Waals surface area contributed by atoms with Crippen LogP contribution in [-0.2, 0) is 4.79 Å². The highest BCUT2D eigenvalue weighted by molar-refractivity contribution is 9.10. The number of nitrogens with two attached hydrogens (primary N) is 1. The predicted octanol–water partition coefficient (Wildman–Crippen LogP) is 1.96. The summed E-state index contributed by atoms with van der Waals surface area (Å²) in [4.78, 5) is 22.3. The minimum Gasteiger partial charge on any atom is -0.493 e. The number of urea groups is 1. The van der Waals surface area contributed by atoms with Crippen molar-refractivity contribution in [1.82, 2.24) is 5.32 Å². The molecular formula is C14H14BrN3O4. The number of benzene rings is 1. The van der Waals surface area contributed by atoms with E-state index >= 15 is 0 Å². The van der Waals surface area contributed by atoms with Gasteiger partial charge in [0.2, 0.25) is 0 Å². The Bertz CT molecular complexity index is 665. The summed E-state index contributed by atoms with van der Waals surface area (Å²) in [5, 5.41) is 10.9. The minimum absolute atomic E-state index is 0.272. The Morgan fingerprint density at radius 1 is 1.45 bits per heavy atom. The molecule has 3 N–H and O–H groups in total. The zero-order valence-corrected chi connectivity index (χ0v) is 13.6. The standard InChI is InChI=1S/C14H14BrN3O4/c1-3-22-12-6-10(15)8(5-11(12)21-2)4-9(7-16)13(19)18-14(17)20/h4-6H,3H2,1-2H3,(H3,17,18,19,20)/b9-4-. The van der Waals surface area contributed by atoms with Crippen LogP contribution in [0.2, 0.25) is 0 Å². The van der Waals surface area contributed by atoms with Crippen molar-refractivity contribution < 1.29 is 19.1 Å². The quantitative estimate of drug-likeness (QED) is 0.609. The molecule has 0 saturated heterocycles. The molecule has 1 aromatic carbocycles. The monoisotopic (exact) mass is 367 g/mol. The molecule has 0 unspecified atom stereocenters. The Labute approximate surface area is 135 Å². The van der Waals surface area contributed by atoms with Crippen LogP contribution in [0.15, 0.2) is 22.2 Å². The number of amides is 3. The Morgan fingerprint density at radius 3 is 2.64 bits per heavy atom. The van der Waals surface area contributed by atoms with E-state index in [0.717, 1.165) is 0 Å². The number of ether oxygens (including phenoxy) is 2. The highest BCUT2D eigenvalue weighted by Crippen LogP contribution is 2.34. The van der Waals surface area contributed by atoms with Crippen molar-refractivity contribution in [2.24, 2.45) is 5.73 Å². The molecule has 3 amide bonds. The molecule has 116 valence electrons. The van der Waals surface area contributed by atoms with Gasteiger partial charge in [0.05, 0.1) is 13.7 Å². The lowest BCUT2D eigenvalue weighted by Gasteiger charge is -2.11. The molecule has 0 bridgehead atoms. The topological polar surface area (TPSA) is 114 Å². The first-order chi connectivity index (χ1) is 10.4. The normalized spacial score (nSPS) is 10.5. The molecule has 22 heavy (non-hydrogen) atoms. The lowest BCUT2D eigenvalue weighted by atomic mass is 10.1. The molecule has 1 aromatic rings. The summed E-state index contributed by atoms with van der Waals surface area (Å²) in [6.45, 7) is 2.30. The maximum absolute atomic E-state index is 11.7. The van der Waals surface area contributed by atoms with Crippen molar-refractivity contribution in [3.8, 4) is 17.6 Å². The fourth-order valence-corrected chi connectivity index (χ4v) is 2.01. The second kappa shape index (κ2) is 8.05. The fourth-order valence-electron chi connectivity index (χ4n) is 1.57. The lowest BCUT2D eigenvalue weighted by Crippen LogP contribution is -2.35. The number of hydrogen-bond donors (Lipinski definition) is 2. The highest BCUT2D eigenvalue weighted by atomic mass is 79.9. The third-order valence-electron chi connectivity index (χ3n) is 2.48. The van der Waals surface area contributed by atoms with Gasteiger partial charge < -0.3 is 15.2 Å². The number of nitrogens with zero attached hydrogens (tertiary/aromatic N) is 1. The molecule has 0 atom stereocenters. The van der Waals surface area contributed by atoms with Crippen molar-refractivity contribution in [3.63, 3.8) is 0 Å². The van der Waals surface area contributed by atoms with Crippen molar-refractivity contribution in [2.75, 3.05) is 13.7 Å². The lowest BCUT2D eigenvalue weighted by molar-refractivity contribution is -0.115. The average Bonchev–Trinajstić information content (AvgIpc) is 2.46. The van der Waals surface area contributed by atoms with Gasteiger partial charge in [0.1, 0.15) is 11.6 Å². The number of rotatable bonds is 5. The van der Waals surface area contributed by atoms with Gasteiger partial charge in [-0.2, -0.15) is 5.26 Å². The van der Waals surface area contributed by atoms with Gasteiger partial charge in [-0.15, -0.1) is 0 Å². The van der Waals surface area contributed by atoms with E-state index in [-0.39, 0.29) is 5.57 Å². The Balaban J connectivity index is 3.25. The number of primary amides is 1. The van der Waals surface area contributed by atoms with E-state index in [0.29, 0.717) is 28.1 Å². The molecule has 1 rings (SSSR count). The van der Waals surface area contributed by atoms with Crippen molar-refractivity contribution in [1.29, 1.82) is 5.26 Å². The van der Waals surface area contributed by atoms with Gasteiger partial charge in [0, 0.05) is 4.47 Å². The molecule has 0 heterocycles. The van der Waals surface area contributed by atoms with Crippen LogP contribution in [-0.4, -0.2) is 25.7 Å². The van der Waals surface area contributed by atoms with E-state index in [4.69, 9.17) is 20.5 Å². The largest absolute Gasteiger partial charge is 0.493 e. The van der Waals surface area contributed by atoms with Gasteiger partial charge in [-0.3, -0.25) is 10.1 Å². The van der Waals surface area contributed by atoms with E-state index in [9.17, 15) is 9.59 Å². The zero-order chi connectivity index (χ0) is 16.7. The first-order valence-corrected chi connectivity index (χ1v) is 6.95. The average molecular weight is 368 g/mol. The van der Waals surface area contributed by atoms with Crippen LogP contribution in [0.25, 0.3) is 6.08 Å². The van der Waals surface area contributed by atoms with Gasteiger partial charge in [0.25, 0.3) is 5.91 Å². The maximum Gasteiger partial charge on any atom is 0.319 e. The van der Waals surface area contributed by atoms with Crippen LogP contribution < -0.4 is 20.5 Å². The Hall–Kier alpha value is -2.53. The molecule has 0 aliphatic rings. The molecule has 0 spiro atoms. The van der Waals surface area contributed by atoms with Gasteiger partial charge in [-0.05, 0) is 30.7 Å². The van der Waals surface area contributed by atoms with E-state index in [1.54, 1.807) is 18.2 Å². The summed E-state index contributed by atoms with van der Waals surface area (Å²) in [6.07, 6.45) is 1.31. The second-order valence-corrected chi connectivity index (χ2v) is 4.80. The highest BCUT2D eigenvalue weighted by Gasteiger charge is 2.14. The van der Waals surface area contributed by atoms with Crippen LogP contribution in [0.4, 0.5) is 4.79 Å². The van der Waals surface area contributed by atoms with E-state index in [2.05, 4.69) is 15.9 Å². The van der Waals surface area contributed by atoms with E-state index in [1.165, 1.54) is 13.2 Å². The summed E-state index contributed by atoms with van der Waals surface area (Å²) >= 11 is 3.33. The van der Waals surface area contributed by atoms with Crippen LogP contribution in [0, 0.1) is 11.3 Å². The van der Waals surface area contributed by atoms with E-state index in [1.807, 2.05) is 12.2 Å². The number of halogens is 1. The van der Waals surface area contributed by atoms with Crippen LogP contribution in [0.1, 0.15) is 12.5 Å². The second-order valence-electron chi connectivity index (χ2n) is 3.95. The molecule has 8 heteroatoms. The number of methoxy groups -OCH3 is 1. The zero-order valence-electron chi connectivity index (χ0n) is 12.0. The van der Waals surface area contributed by atoms with E-state index < -0.39 is 11.9 Å². The first-order valence-electron chi connectivity index (χ1n) is 6.15. The molecule has 0 aliphatic carbocycles. The van der Waals surface area contributed by atoms with Crippen LogP contribution in [0.5, 0.6) is 11.5 Å². The third-order valence-corrected chi connectivity index (χ3v) is 3.17.